The van der Waals surface area contributed by atoms with Gasteiger partial charge in [-0.3, -0.25) is 14.2 Å². The van der Waals surface area contributed by atoms with Crippen LogP contribution in [0.25, 0.3) is 16.6 Å². The van der Waals surface area contributed by atoms with Crippen LogP contribution >= 0.6 is 23.4 Å². The minimum atomic E-state index is -1.10. The number of para-hydroxylation sites is 1. The molecule has 0 saturated carbocycles. The van der Waals surface area contributed by atoms with E-state index in [4.69, 9.17) is 22.3 Å². The van der Waals surface area contributed by atoms with Gasteiger partial charge in [0.05, 0.1) is 28.4 Å². The van der Waals surface area contributed by atoms with Gasteiger partial charge in [-0.1, -0.05) is 41.6 Å². The quantitative estimate of drug-likeness (QED) is 0.377. The van der Waals surface area contributed by atoms with E-state index >= 15 is 0 Å². The first-order chi connectivity index (χ1) is 13.4. The third kappa shape index (κ3) is 3.98. The first kappa shape index (κ1) is 19.8. The highest BCUT2D eigenvalue weighted by Gasteiger charge is 2.22. The van der Waals surface area contributed by atoms with Crippen molar-refractivity contribution in [1.82, 2.24) is 9.55 Å². The van der Waals surface area contributed by atoms with Crippen molar-refractivity contribution < 1.29 is 4.79 Å². The van der Waals surface area contributed by atoms with Gasteiger partial charge in [0.1, 0.15) is 5.92 Å². The van der Waals surface area contributed by atoms with E-state index in [0.29, 0.717) is 26.8 Å². The first-order valence-electron chi connectivity index (χ1n) is 8.30. The van der Waals surface area contributed by atoms with Gasteiger partial charge in [-0.05, 0) is 37.3 Å². The second-order valence-corrected chi connectivity index (χ2v) is 7.41. The molecule has 0 amide bonds. The summed E-state index contributed by atoms with van der Waals surface area (Å²) in [5, 5.41) is 17.9. The van der Waals surface area contributed by atoms with E-state index in [1.54, 1.807) is 48.5 Å². The summed E-state index contributed by atoms with van der Waals surface area (Å²) in [6.45, 7) is 1.42. The summed E-state index contributed by atoms with van der Waals surface area (Å²) in [7, 11) is 0. The summed E-state index contributed by atoms with van der Waals surface area (Å²) < 4.78 is 1.41. The SMILES string of the molecule is CC(=N)C(C#N)C(=O)CSc1nc2ccccc2c(=O)n1-c1cccc(Cl)c1. The summed E-state index contributed by atoms with van der Waals surface area (Å²) in [6.07, 6.45) is 0. The van der Waals surface area contributed by atoms with Gasteiger partial charge in [0.15, 0.2) is 10.9 Å². The maximum Gasteiger partial charge on any atom is 0.266 e. The zero-order valence-electron chi connectivity index (χ0n) is 14.8. The highest BCUT2D eigenvalue weighted by atomic mass is 35.5. The zero-order valence-corrected chi connectivity index (χ0v) is 16.4. The number of carbonyl (C=O) groups is 1. The molecule has 0 fully saturated rings. The molecule has 0 bridgehead atoms. The number of thioether (sulfide) groups is 1. The van der Waals surface area contributed by atoms with Crippen LogP contribution in [0, 0.1) is 22.7 Å². The van der Waals surface area contributed by atoms with Gasteiger partial charge in [0, 0.05) is 10.7 Å². The summed E-state index contributed by atoms with van der Waals surface area (Å²) in [4.78, 5) is 30.0. The molecule has 2 aromatic carbocycles. The molecule has 1 N–H and O–H groups in total. The zero-order chi connectivity index (χ0) is 20.3. The smallest absolute Gasteiger partial charge is 0.266 e. The fourth-order valence-corrected chi connectivity index (χ4v) is 3.78. The van der Waals surface area contributed by atoms with Crippen LogP contribution in [0.1, 0.15) is 6.92 Å². The second kappa shape index (κ2) is 8.38. The maximum absolute atomic E-state index is 13.1. The van der Waals surface area contributed by atoms with Gasteiger partial charge >= 0.3 is 0 Å². The van der Waals surface area contributed by atoms with E-state index in [0.717, 1.165) is 11.8 Å². The summed E-state index contributed by atoms with van der Waals surface area (Å²) in [5.74, 6) is -1.58. The lowest BCUT2D eigenvalue weighted by Gasteiger charge is -2.14. The Labute approximate surface area is 170 Å². The van der Waals surface area contributed by atoms with Gasteiger partial charge in [0.25, 0.3) is 5.56 Å². The minimum absolute atomic E-state index is 0.00759. The molecule has 6 nitrogen and oxygen atoms in total. The van der Waals surface area contributed by atoms with E-state index in [2.05, 4.69) is 4.98 Å². The lowest BCUT2D eigenvalue weighted by atomic mass is 10.0. The molecule has 28 heavy (non-hydrogen) atoms. The number of fused-ring (bicyclic) bond motifs is 1. The van der Waals surface area contributed by atoms with Crippen molar-refractivity contribution in [2.75, 3.05) is 5.75 Å². The average Bonchev–Trinajstić information content (AvgIpc) is 2.66. The number of halogens is 1. The number of aromatic nitrogens is 2. The topological polar surface area (TPSA) is 99.6 Å². The van der Waals surface area contributed by atoms with Crippen molar-refractivity contribution in [2.45, 2.75) is 12.1 Å². The third-order valence-electron chi connectivity index (χ3n) is 4.04. The van der Waals surface area contributed by atoms with Crippen molar-refractivity contribution >= 4 is 45.8 Å². The molecular weight excluding hydrogens is 396 g/mol. The number of ketones is 1. The van der Waals surface area contributed by atoms with Crippen LogP contribution < -0.4 is 5.56 Å². The van der Waals surface area contributed by atoms with Gasteiger partial charge in [0.2, 0.25) is 0 Å². The number of benzene rings is 2. The van der Waals surface area contributed by atoms with Crippen LogP contribution in [0.2, 0.25) is 5.02 Å². The summed E-state index contributed by atoms with van der Waals surface area (Å²) in [5.41, 5.74) is 0.765. The number of nitrogens with zero attached hydrogens (tertiary/aromatic N) is 3. The Balaban J connectivity index is 2.09. The van der Waals surface area contributed by atoms with Gasteiger partial charge in [-0.15, -0.1) is 0 Å². The Morgan fingerprint density at radius 2 is 2.07 bits per heavy atom. The van der Waals surface area contributed by atoms with Crippen LogP contribution in [-0.4, -0.2) is 26.8 Å². The van der Waals surface area contributed by atoms with Crippen LogP contribution in [-0.2, 0) is 4.79 Å². The van der Waals surface area contributed by atoms with E-state index in [9.17, 15) is 9.59 Å². The Morgan fingerprint density at radius 1 is 1.32 bits per heavy atom. The molecule has 0 spiro atoms. The Kier molecular flexibility index (Phi) is 5.93. The van der Waals surface area contributed by atoms with Gasteiger partial charge in [-0.2, -0.15) is 5.26 Å². The highest BCUT2D eigenvalue weighted by molar-refractivity contribution is 7.99. The maximum atomic E-state index is 13.1. The minimum Gasteiger partial charge on any atom is -0.308 e. The lowest BCUT2D eigenvalue weighted by molar-refractivity contribution is -0.117. The van der Waals surface area contributed by atoms with Crippen molar-refractivity contribution in [1.29, 1.82) is 10.7 Å². The Hall–Kier alpha value is -2.95. The number of nitriles is 1. The molecule has 1 atom stereocenters. The molecule has 0 aliphatic carbocycles. The predicted octanol–water partition coefficient (Wildman–Crippen LogP) is 3.88. The largest absolute Gasteiger partial charge is 0.308 e. The van der Waals surface area contributed by atoms with Crippen molar-refractivity contribution in [2.24, 2.45) is 5.92 Å². The normalized spacial score (nSPS) is 11.8. The Morgan fingerprint density at radius 3 is 2.75 bits per heavy atom. The summed E-state index contributed by atoms with van der Waals surface area (Å²) >= 11 is 7.14. The molecule has 0 radical (unpaired) electrons. The molecule has 0 aliphatic rings. The predicted molar refractivity (Wildman–Crippen MR) is 111 cm³/mol. The highest BCUT2D eigenvalue weighted by Crippen LogP contribution is 2.23. The molecule has 140 valence electrons. The third-order valence-corrected chi connectivity index (χ3v) is 5.23. The van der Waals surface area contributed by atoms with Crippen molar-refractivity contribution in [3.8, 4) is 11.8 Å². The Bertz CT molecular complexity index is 1180. The van der Waals surface area contributed by atoms with Crippen molar-refractivity contribution in [3.63, 3.8) is 0 Å². The standard InChI is InChI=1S/C20H15ClN4O2S/c1-12(23)16(10-22)18(26)11-28-20-24-17-8-3-2-7-15(17)19(27)25(20)14-6-4-5-13(21)9-14/h2-9,16,23H,11H2,1H3. The number of nitrogens with one attached hydrogen (secondary N) is 1. The first-order valence-corrected chi connectivity index (χ1v) is 9.66. The van der Waals surface area contributed by atoms with E-state index < -0.39 is 11.7 Å². The monoisotopic (exact) mass is 410 g/mol. The van der Waals surface area contributed by atoms with Crippen LogP contribution in [0.15, 0.2) is 58.5 Å². The van der Waals surface area contributed by atoms with E-state index in [-0.39, 0.29) is 17.0 Å². The molecule has 1 unspecified atom stereocenters. The lowest BCUT2D eigenvalue weighted by Crippen LogP contribution is -2.24. The van der Waals surface area contributed by atoms with Crippen LogP contribution in [0.5, 0.6) is 0 Å². The molecule has 1 heterocycles. The average molecular weight is 411 g/mol. The van der Waals surface area contributed by atoms with Gasteiger partial charge in [-0.25, -0.2) is 4.98 Å². The molecular formula is C20H15ClN4O2S. The van der Waals surface area contributed by atoms with Gasteiger partial charge < -0.3 is 5.41 Å². The van der Waals surface area contributed by atoms with Crippen LogP contribution in [0.4, 0.5) is 0 Å². The van der Waals surface area contributed by atoms with Crippen molar-refractivity contribution in [3.05, 3.63) is 63.9 Å². The molecule has 3 rings (SSSR count). The number of hydrogen-bond donors (Lipinski definition) is 1. The second-order valence-electron chi connectivity index (χ2n) is 6.03. The molecule has 3 aromatic rings. The molecule has 1 aromatic heterocycles. The van der Waals surface area contributed by atoms with E-state index in [1.807, 2.05) is 6.07 Å². The summed E-state index contributed by atoms with van der Waals surface area (Å²) in [6, 6.07) is 15.6. The number of rotatable bonds is 6. The fourth-order valence-electron chi connectivity index (χ4n) is 2.68. The van der Waals surface area contributed by atoms with Crippen LogP contribution in [0.3, 0.4) is 0 Å². The molecule has 0 aliphatic heterocycles. The molecule has 8 heteroatoms. The number of Topliss-reactive ketones (excluding diaryl/α,β-unsaturated/α-hetero) is 1. The fraction of sp³-hybridized carbons (Fsp3) is 0.150. The van der Waals surface area contributed by atoms with E-state index in [1.165, 1.54) is 11.5 Å². The number of carbonyl (C=O) groups excluding carboxylic acids is 1. The molecule has 0 saturated heterocycles. The number of hydrogen-bond acceptors (Lipinski definition) is 6.